The van der Waals surface area contributed by atoms with E-state index in [2.05, 4.69) is 5.32 Å². The highest BCUT2D eigenvalue weighted by Gasteiger charge is 2.26. The molecule has 0 aromatic heterocycles. The van der Waals surface area contributed by atoms with E-state index in [4.69, 9.17) is 4.55 Å². The lowest BCUT2D eigenvalue weighted by molar-refractivity contribution is 0.0920. The second kappa shape index (κ2) is 4.85. The first kappa shape index (κ1) is 13.7. The fourth-order valence-corrected chi connectivity index (χ4v) is 2.45. The minimum Gasteiger partial charge on any atom is -0.346 e. The quantitative estimate of drug-likeness (QED) is 0.791. The minimum atomic E-state index is -4.12. The van der Waals surface area contributed by atoms with Crippen LogP contribution in [0.5, 0.6) is 0 Å². The van der Waals surface area contributed by atoms with Crippen molar-refractivity contribution in [2.75, 3.05) is 5.75 Å². The Morgan fingerprint density at radius 2 is 1.82 bits per heavy atom. The molecule has 0 unspecified atom stereocenters. The van der Waals surface area contributed by atoms with Crippen LogP contribution in [0.2, 0.25) is 0 Å². The monoisotopic (exact) mass is 257 g/mol. The van der Waals surface area contributed by atoms with Crippen LogP contribution in [0.3, 0.4) is 0 Å². The molecule has 0 heterocycles. The van der Waals surface area contributed by atoms with Crippen LogP contribution in [0.25, 0.3) is 0 Å². The standard InChI is InChI=1S/C11H15NO4S/c1-11(2,8-17(14,15)16)12-10(13)9-6-4-3-5-7-9/h3-7H,8H2,1-2H3,(H,12,13)(H,14,15,16). The van der Waals surface area contributed by atoms with E-state index in [0.717, 1.165) is 0 Å². The molecule has 0 saturated carbocycles. The van der Waals surface area contributed by atoms with Gasteiger partial charge in [-0.2, -0.15) is 8.42 Å². The summed E-state index contributed by atoms with van der Waals surface area (Å²) in [5.74, 6) is -0.905. The van der Waals surface area contributed by atoms with Crippen molar-refractivity contribution >= 4 is 16.0 Å². The van der Waals surface area contributed by atoms with E-state index in [1.807, 2.05) is 0 Å². The average molecular weight is 257 g/mol. The third-order valence-corrected chi connectivity index (χ3v) is 3.12. The maximum Gasteiger partial charge on any atom is 0.267 e. The summed E-state index contributed by atoms with van der Waals surface area (Å²) < 4.78 is 30.3. The predicted octanol–water partition coefficient (Wildman–Crippen LogP) is 1.08. The van der Waals surface area contributed by atoms with E-state index in [1.54, 1.807) is 30.3 Å². The molecule has 0 bridgehead atoms. The Hall–Kier alpha value is -1.40. The molecule has 0 aliphatic carbocycles. The highest BCUT2D eigenvalue weighted by Crippen LogP contribution is 2.08. The SMILES string of the molecule is CC(C)(CS(=O)(=O)O)NC(=O)c1ccccc1. The molecule has 1 aromatic carbocycles. The summed E-state index contributed by atoms with van der Waals surface area (Å²) in [5, 5.41) is 2.55. The highest BCUT2D eigenvalue weighted by atomic mass is 32.2. The van der Waals surface area contributed by atoms with Crippen LogP contribution in [0, 0.1) is 0 Å². The molecule has 94 valence electrons. The predicted molar refractivity (Wildman–Crippen MR) is 64.4 cm³/mol. The Labute approximate surface area is 101 Å². The van der Waals surface area contributed by atoms with Crippen molar-refractivity contribution in [2.45, 2.75) is 19.4 Å². The van der Waals surface area contributed by atoms with E-state index in [9.17, 15) is 13.2 Å². The van der Waals surface area contributed by atoms with Gasteiger partial charge in [0.05, 0.1) is 11.3 Å². The summed E-state index contributed by atoms with van der Waals surface area (Å²) in [5.41, 5.74) is -0.587. The maximum atomic E-state index is 11.8. The number of rotatable bonds is 4. The summed E-state index contributed by atoms with van der Waals surface area (Å²) in [4.78, 5) is 11.8. The number of carbonyl (C=O) groups excluding carboxylic acids is 1. The summed E-state index contributed by atoms with van der Waals surface area (Å²) >= 11 is 0. The van der Waals surface area contributed by atoms with E-state index < -0.39 is 21.4 Å². The number of hydrogen-bond acceptors (Lipinski definition) is 3. The zero-order chi connectivity index (χ0) is 13.1. The molecule has 1 rings (SSSR count). The average Bonchev–Trinajstić information content (AvgIpc) is 2.14. The van der Waals surface area contributed by atoms with E-state index in [0.29, 0.717) is 5.56 Å². The molecule has 1 amide bonds. The van der Waals surface area contributed by atoms with Gasteiger partial charge in [-0.05, 0) is 26.0 Å². The second-order valence-corrected chi connectivity index (χ2v) is 5.88. The molecule has 0 fully saturated rings. The molecule has 0 radical (unpaired) electrons. The Morgan fingerprint density at radius 3 is 2.29 bits per heavy atom. The number of carbonyl (C=O) groups is 1. The topological polar surface area (TPSA) is 83.5 Å². The molecule has 17 heavy (non-hydrogen) atoms. The molecule has 0 aliphatic rings. The molecule has 6 heteroatoms. The fraction of sp³-hybridized carbons (Fsp3) is 0.364. The molecular formula is C11H15NO4S. The third kappa shape index (κ3) is 4.97. The number of hydrogen-bond donors (Lipinski definition) is 2. The summed E-state index contributed by atoms with van der Waals surface area (Å²) in [7, 11) is -4.12. The zero-order valence-electron chi connectivity index (χ0n) is 9.67. The molecule has 0 spiro atoms. The first-order valence-electron chi connectivity index (χ1n) is 5.02. The number of amides is 1. The highest BCUT2D eigenvalue weighted by molar-refractivity contribution is 7.85. The van der Waals surface area contributed by atoms with Gasteiger partial charge in [0.25, 0.3) is 16.0 Å². The van der Waals surface area contributed by atoms with Gasteiger partial charge in [0.15, 0.2) is 0 Å². The van der Waals surface area contributed by atoms with Crippen molar-refractivity contribution < 1.29 is 17.8 Å². The van der Waals surface area contributed by atoms with Crippen LogP contribution < -0.4 is 5.32 Å². The summed E-state index contributed by atoms with van der Waals surface area (Å²) in [6, 6.07) is 8.45. The smallest absolute Gasteiger partial charge is 0.267 e. The Bertz CT molecular complexity index is 493. The number of nitrogens with one attached hydrogen (secondary N) is 1. The first-order valence-corrected chi connectivity index (χ1v) is 6.63. The van der Waals surface area contributed by atoms with Crippen molar-refractivity contribution in [1.82, 2.24) is 5.32 Å². The van der Waals surface area contributed by atoms with Gasteiger partial charge in [0, 0.05) is 5.56 Å². The van der Waals surface area contributed by atoms with E-state index in [-0.39, 0.29) is 5.91 Å². The zero-order valence-corrected chi connectivity index (χ0v) is 10.5. The van der Waals surface area contributed by atoms with Crippen LogP contribution in [0.1, 0.15) is 24.2 Å². The van der Waals surface area contributed by atoms with Gasteiger partial charge in [-0.1, -0.05) is 18.2 Å². The molecule has 5 nitrogen and oxygen atoms in total. The lowest BCUT2D eigenvalue weighted by Gasteiger charge is -2.24. The first-order chi connectivity index (χ1) is 7.70. The van der Waals surface area contributed by atoms with Gasteiger partial charge in [-0.15, -0.1) is 0 Å². The molecule has 2 N–H and O–H groups in total. The normalized spacial score (nSPS) is 12.2. The largest absolute Gasteiger partial charge is 0.346 e. The Morgan fingerprint density at radius 1 is 1.29 bits per heavy atom. The summed E-state index contributed by atoms with van der Waals surface area (Å²) in [6.45, 7) is 3.06. The lowest BCUT2D eigenvalue weighted by Crippen LogP contribution is -2.48. The molecule has 0 saturated heterocycles. The van der Waals surface area contributed by atoms with Crippen LogP contribution in [0.15, 0.2) is 30.3 Å². The van der Waals surface area contributed by atoms with E-state index in [1.165, 1.54) is 13.8 Å². The van der Waals surface area contributed by atoms with Gasteiger partial charge in [-0.25, -0.2) is 0 Å². The van der Waals surface area contributed by atoms with Crippen LogP contribution in [-0.2, 0) is 10.1 Å². The van der Waals surface area contributed by atoms with Gasteiger partial charge in [0.1, 0.15) is 0 Å². The third-order valence-electron chi connectivity index (χ3n) is 2.03. The van der Waals surface area contributed by atoms with Gasteiger partial charge < -0.3 is 5.32 Å². The van der Waals surface area contributed by atoms with Gasteiger partial charge in [0.2, 0.25) is 0 Å². The summed E-state index contributed by atoms with van der Waals surface area (Å²) in [6.07, 6.45) is 0. The van der Waals surface area contributed by atoms with Crippen molar-refractivity contribution in [3.63, 3.8) is 0 Å². The Kier molecular flexibility index (Phi) is 3.90. The van der Waals surface area contributed by atoms with E-state index >= 15 is 0 Å². The molecular weight excluding hydrogens is 242 g/mol. The molecule has 0 aliphatic heterocycles. The van der Waals surface area contributed by atoms with Crippen molar-refractivity contribution in [3.05, 3.63) is 35.9 Å². The van der Waals surface area contributed by atoms with Crippen molar-refractivity contribution in [2.24, 2.45) is 0 Å². The van der Waals surface area contributed by atoms with Crippen LogP contribution in [-0.4, -0.2) is 30.2 Å². The van der Waals surface area contributed by atoms with Gasteiger partial charge in [-0.3, -0.25) is 9.35 Å². The van der Waals surface area contributed by atoms with Crippen LogP contribution >= 0.6 is 0 Å². The Balaban J connectivity index is 2.75. The maximum absolute atomic E-state index is 11.8. The van der Waals surface area contributed by atoms with Crippen molar-refractivity contribution in [1.29, 1.82) is 0 Å². The van der Waals surface area contributed by atoms with Gasteiger partial charge >= 0.3 is 0 Å². The molecule has 1 aromatic rings. The van der Waals surface area contributed by atoms with Crippen molar-refractivity contribution in [3.8, 4) is 0 Å². The molecule has 0 atom stereocenters. The minimum absolute atomic E-state index is 0.376. The lowest BCUT2D eigenvalue weighted by atomic mass is 10.1. The fourth-order valence-electron chi connectivity index (χ4n) is 1.46. The van der Waals surface area contributed by atoms with Crippen LogP contribution in [0.4, 0.5) is 0 Å². The second-order valence-electron chi connectivity index (χ2n) is 4.43. The number of benzene rings is 1.